The molecule has 0 amide bonds. The van der Waals surface area contributed by atoms with Gasteiger partial charge in [-0.3, -0.25) is 4.98 Å². The van der Waals surface area contributed by atoms with Crippen LogP contribution in [0.15, 0.2) is 83.0 Å². The highest BCUT2D eigenvalue weighted by Crippen LogP contribution is 2.27. The third-order valence-corrected chi connectivity index (χ3v) is 9.97. The molecule has 6 nitrogen and oxygen atoms in total. The SMILES string of the molecule is Clc1ccnc2ccsc12.Clc1ccnc2sccc12.Clc1ncnc2ccsc12.Clc1ncnc2sccc12. The number of hydrogen-bond donors (Lipinski definition) is 0. The molecular weight excluding hydrogens is 666 g/mol. The molecule has 8 heterocycles. The summed E-state index contributed by atoms with van der Waals surface area (Å²) in [5.41, 5.74) is 1.91. The van der Waals surface area contributed by atoms with Gasteiger partial charge in [-0.2, -0.15) is 0 Å². The second-order valence-electron chi connectivity index (χ2n) is 7.46. The maximum Gasteiger partial charge on any atom is 0.150 e. The van der Waals surface area contributed by atoms with E-state index in [0.29, 0.717) is 10.3 Å². The third-order valence-electron chi connectivity index (χ3n) is 5.02. The second-order valence-corrected chi connectivity index (χ2v) is 12.6. The number of nitrogens with zero attached hydrogens (tertiary/aromatic N) is 6. The number of rotatable bonds is 0. The maximum atomic E-state index is 5.87. The van der Waals surface area contributed by atoms with Gasteiger partial charge < -0.3 is 0 Å². The van der Waals surface area contributed by atoms with E-state index in [-0.39, 0.29) is 0 Å². The van der Waals surface area contributed by atoms with Crippen molar-refractivity contribution in [3.63, 3.8) is 0 Å². The zero-order valence-corrected chi connectivity index (χ0v) is 26.2. The number of fused-ring (bicyclic) bond motifs is 4. The van der Waals surface area contributed by atoms with Crippen molar-refractivity contribution in [2.75, 3.05) is 0 Å². The minimum Gasteiger partial charge on any atom is -0.255 e. The first-order valence-electron chi connectivity index (χ1n) is 11.1. The molecule has 0 saturated heterocycles. The van der Waals surface area contributed by atoms with Gasteiger partial charge in [0.15, 0.2) is 0 Å². The van der Waals surface area contributed by atoms with Crippen LogP contribution in [0.25, 0.3) is 40.9 Å². The van der Waals surface area contributed by atoms with E-state index < -0.39 is 0 Å². The summed E-state index contributed by atoms with van der Waals surface area (Å²) < 4.78 is 2.04. The van der Waals surface area contributed by atoms with Gasteiger partial charge in [0.05, 0.1) is 30.5 Å². The highest BCUT2D eigenvalue weighted by Gasteiger charge is 2.01. The molecule has 0 aliphatic rings. The fourth-order valence-electron chi connectivity index (χ4n) is 3.20. The molecule has 8 aromatic rings. The molecule has 8 aromatic heterocycles. The van der Waals surface area contributed by atoms with Crippen molar-refractivity contribution in [3.05, 3.63) is 103 Å². The summed E-state index contributed by atoms with van der Waals surface area (Å²) >= 11 is 29.6. The minimum absolute atomic E-state index is 0.534. The maximum absolute atomic E-state index is 5.87. The fraction of sp³-hybridized carbons (Fsp3) is 0. The van der Waals surface area contributed by atoms with Crippen molar-refractivity contribution in [3.8, 4) is 0 Å². The molecule has 40 heavy (non-hydrogen) atoms. The largest absolute Gasteiger partial charge is 0.255 e. The van der Waals surface area contributed by atoms with Crippen LogP contribution < -0.4 is 0 Å². The van der Waals surface area contributed by atoms with Crippen LogP contribution in [0.5, 0.6) is 0 Å². The van der Waals surface area contributed by atoms with Gasteiger partial charge in [0.2, 0.25) is 0 Å². The molecule has 0 unspecified atom stereocenters. The van der Waals surface area contributed by atoms with Gasteiger partial charge in [-0.25, -0.2) is 24.9 Å². The first-order chi connectivity index (χ1) is 19.5. The monoisotopic (exact) mass is 678 g/mol. The van der Waals surface area contributed by atoms with E-state index in [1.807, 2.05) is 45.8 Å². The first kappa shape index (κ1) is 29.0. The zero-order valence-electron chi connectivity index (χ0n) is 19.9. The van der Waals surface area contributed by atoms with Crippen molar-refractivity contribution in [1.82, 2.24) is 29.9 Å². The van der Waals surface area contributed by atoms with Crippen LogP contribution >= 0.6 is 91.8 Å². The van der Waals surface area contributed by atoms with Crippen molar-refractivity contribution in [2.45, 2.75) is 0 Å². The lowest BCUT2D eigenvalue weighted by Crippen LogP contribution is -1.76. The summed E-state index contributed by atoms with van der Waals surface area (Å²) in [6.07, 6.45) is 6.39. The normalized spacial score (nSPS) is 10.5. The van der Waals surface area contributed by atoms with Gasteiger partial charge in [0.25, 0.3) is 0 Å². The molecule has 0 saturated carbocycles. The molecule has 14 heteroatoms. The number of pyridine rings is 2. The molecule has 0 aliphatic heterocycles. The Hall–Kier alpha value is -2.54. The summed E-state index contributed by atoms with van der Waals surface area (Å²) in [6.45, 7) is 0. The lowest BCUT2D eigenvalue weighted by molar-refractivity contribution is 1.23. The van der Waals surface area contributed by atoms with Gasteiger partial charge in [0.1, 0.15) is 32.6 Å². The number of halogens is 4. The molecule has 200 valence electrons. The molecule has 0 radical (unpaired) electrons. The van der Waals surface area contributed by atoms with Crippen LogP contribution in [0.1, 0.15) is 0 Å². The van der Waals surface area contributed by atoms with Crippen molar-refractivity contribution >= 4 is 133 Å². The quantitative estimate of drug-likeness (QED) is 0.148. The van der Waals surface area contributed by atoms with Crippen LogP contribution in [-0.2, 0) is 0 Å². The number of hydrogen-bond acceptors (Lipinski definition) is 10. The number of aromatic nitrogens is 6. The van der Waals surface area contributed by atoms with Crippen molar-refractivity contribution in [2.24, 2.45) is 0 Å². The lowest BCUT2D eigenvalue weighted by atomic mass is 10.3. The Morgan fingerprint density at radius 3 is 1.73 bits per heavy atom. The molecule has 0 spiro atoms. The first-order valence-corrected chi connectivity index (χ1v) is 16.2. The third kappa shape index (κ3) is 7.02. The summed E-state index contributed by atoms with van der Waals surface area (Å²) in [6, 6.07) is 11.4. The van der Waals surface area contributed by atoms with Crippen LogP contribution in [0.2, 0.25) is 20.4 Å². The highest BCUT2D eigenvalue weighted by molar-refractivity contribution is 7.18. The molecule has 0 aromatic carbocycles. The molecule has 0 bridgehead atoms. The molecule has 0 N–H and O–H groups in total. The molecule has 0 aliphatic carbocycles. The van der Waals surface area contributed by atoms with Crippen LogP contribution in [0, 0.1) is 0 Å². The average molecular weight is 681 g/mol. The molecular formula is C26H14Cl4N6S4. The second kappa shape index (κ2) is 13.9. The van der Waals surface area contributed by atoms with Gasteiger partial charge in [0, 0.05) is 23.2 Å². The van der Waals surface area contributed by atoms with Crippen molar-refractivity contribution in [1.29, 1.82) is 0 Å². The Morgan fingerprint density at radius 1 is 0.450 bits per heavy atom. The Balaban J connectivity index is 0.000000108. The van der Waals surface area contributed by atoms with E-state index in [1.165, 1.54) is 12.7 Å². The Labute approximate surface area is 263 Å². The van der Waals surface area contributed by atoms with Crippen LogP contribution in [0.4, 0.5) is 0 Å². The van der Waals surface area contributed by atoms with Gasteiger partial charge in [-0.1, -0.05) is 46.4 Å². The molecule has 0 fully saturated rings. The average Bonchev–Trinajstić information content (AvgIpc) is 3.77. The Morgan fingerprint density at radius 2 is 1.02 bits per heavy atom. The Bertz CT molecular complexity index is 1710. The summed E-state index contributed by atoms with van der Waals surface area (Å²) in [7, 11) is 0. The number of thiophene rings is 4. The van der Waals surface area contributed by atoms with Crippen LogP contribution in [-0.4, -0.2) is 29.9 Å². The van der Waals surface area contributed by atoms with E-state index in [9.17, 15) is 0 Å². The lowest BCUT2D eigenvalue weighted by Gasteiger charge is -1.88. The minimum atomic E-state index is 0.534. The summed E-state index contributed by atoms with van der Waals surface area (Å²) in [4.78, 5) is 25.9. The topological polar surface area (TPSA) is 77.3 Å². The predicted molar refractivity (Wildman–Crippen MR) is 174 cm³/mol. The van der Waals surface area contributed by atoms with E-state index in [2.05, 4.69) is 29.9 Å². The Kier molecular flexibility index (Phi) is 10.1. The van der Waals surface area contributed by atoms with E-state index in [4.69, 9.17) is 46.4 Å². The zero-order chi connectivity index (χ0) is 27.9. The van der Waals surface area contributed by atoms with Gasteiger partial charge in [-0.05, 0) is 57.9 Å². The van der Waals surface area contributed by atoms with Gasteiger partial charge >= 0.3 is 0 Å². The molecule has 8 rings (SSSR count). The van der Waals surface area contributed by atoms with E-state index in [0.717, 1.165) is 50.9 Å². The van der Waals surface area contributed by atoms with Crippen LogP contribution in [0.3, 0.4) is 0 Å². The predicted octanol–water partition coefficient (Wildman–Crippen LogP) is 10.6. The fourth-order valence-corrected chi connectivity index (χ4v) is 7.25. The standard InChI is InChI=1S/2C7H4ClNS.2C6H3ClN2S/c8-6-1-3-9-7-5(6)2-4-10-7;8-5-1-3-9-6-2-4-10-7(5)6;7-6-5-4(1-2-10-5)8-3-9-6;7-5-4-1-2-10-6(4)9-3-8-5/h2*1-4H;2*1-3H. The smallest absolute Gasteiger partial charge is 0.150 e. The van der Waals surface area contributed by atoms with E-state index >= 15 is 0 Å². The summed E-state index contributed by atoms with van der Waals surface area (Å²) in [5, 5.41) is 12.5. The van der Waals surface area contributed by atoms with Crippen molar-refractivity contribution < 1.29 is 0 Å². The van der Waals surface area contributed by atoms with Gasteiger partial charge in [-0.15, -0.1) is 45.3 Å². The molecule has 0 atom stereocenters. The summed E-state index contributed by atoms with van der Waals surface area (Å²) in [5.74, 6) is 0. The van der Waals surface area contributed by atoms with E-state index in [1.54, 1.807) is 69.9 Å². The highest BCUT2D eigenvalue weighted by atomic mass is 35.5.